The molecule has 0 fully saturated rings. The van der Waals surface area contributed by atoms with Gasteiger partial charge in [0.1, 0.15) is 0 Å². The predicted molar refractivity (Wildman–Crippen MR) is 87.2 cm³/mol. The smallest absolute Gasteiger partial charge is 0.254 e. The number of hydrogen-bond donors (Lipinski definition) is 0. The van der Waals surface area contributed by atoms with Crippen molar-refractivity contribution in [1.82, 2.24) is 4.90 Å². The highest BCUT2D eigenvalue weighted by atomic mass is 16.2. The monoisotopic (exact) mass is 292 g/mol. The van der Waals surface area contributed by atoms with Gasteiger partial charge in [0, 0.05) is 18.2 Å². The first kappa shape index (κ1) is 15.8. The Bertz CT molecular complexity index is 671. The molecule has 2 rings (SSSR count). The van der Waals surface area contributed by atoms with Crippen molar-refractivity contribution in [1.29, 1.82) is 5.26 Å². The third kappa shape index (κ3) is 3.95. The zero-order valence-corrected chi connectivity index (χ0v) is 13.0. The topological polar surface area (TPSA) is 44.1 Å². The number of benzene rings is 2. The molecule has 0 unspecified atom stereocenters. The van der Waals surface area contributed by atoms with Crippen molar-refractivity contribution in [3.05, 3.63) is 71.3 Å². The van der Waals surface area contributed by atoms with Gasteiger partial charge in [0.05, 0.1) is 12.5 Å². The summed E-state index contributed by atoms with van der Waals surface area (Å²) in [7, 11) is 0. The van der Waals surface area contributed by atoms with Crippen LogP contribution in [0, 0.1) is 11.3 Å². The maximum atomic E-state index is 12.8. The molecule has 0 aromatic heterocycles. The summed E-state index contributed by atoms with van der Waals surface area (Å²) in [5, 5.41) is 8.80. The Kier molecular flexibility index (Phi) is 5.32. The van der Waals surface area contributed by atoms with Crippen molar-refractivity contribution in [3.63, 3.8) is 0 Å². The molecule has 0 aliphatic heterocycles. The molecule has 112 valence electrons. The van der Waals surface area contributed by atoms with Crippen LogP contribution in [0.15, 0.2) is 54.6 Å². The number of carbonyl (C=O) groups excluding carboxylic acids is 1. The van der Waals surface area contributed by atoms with Crippen LogP contribution in [-0.4, -0.2) is 16.8 Å². The SMILES string of the molecule is CC(C)N(Cc1ccccc1)C(=O)c1cccc(CC#N)c1. The van der Waals surface area contributed by atoms with E-state index < -0.39 is 0 Å². The zero-order chi connectivity index (χ0) is 15.9. The van der Waals surface area contributed by atoms with Crippen LogP contribution in [0.1, 0.15) is 35.3 Å². The van der Waals surface area contributed by atoms with Gasteiger partial charge in [-0.1, -0.05) is 42.5 Å². The lowest BCUT2D eigenvalue weighted by molar-refractivity contribution is 0.0690. The van der Waals surface area contributed by atoms with E-state index in [2.05, 4.69) is 6.07 Å². The fourth-order valence-corrected chi connectivity index (χ4v) is 2.34. The predicted octanol–water partition coefficient (Wildman–Crippen LogP) is 3.80. The largest absolute Gasteiger partial charge is 0.332 e. The lowest BCUT2D eigenvalue weighted by Crippen LogP contribution is -2.36. The minimum atomic E-state index is -0.00126. The van der Waals surface area contributed by atoms with Gasteiger partial charge in [-0.05, 0) is 37.1 Å². The van der Waals surface area contributed by atoms with Crippen LogP contribution in [0.5, 0.6) is 0 Å². The van der Waals surface area contributed by atoms with E-state index in [9.17, 15) is 4.79 Å². The summed E-state index contributed by atoms with van der Waals surface area (Å²) >= 11 is 0. The molecule has 2 aromatic carbocycles. The van der Waals surface area contributed by atoms with Crippen molar-refractivity contribution in [2.75, 3.05) is 0 Å². The second-order valence-electron chi connectivity index (χ2n) is 5.55. The van der Waals surface area contributed by atoms with Crippen LogP contribution in [0.2, 0.25) is 0 Å². The summed E-state index contributed by atoms with van der Waals surface area (Å²) in [4.78, 5) is 14.6. The standard InChI is InChI=1S/C19H20N2O/c1-15(2)21(14-17-7-4-3-5-8-17)19(22)18-10-6-9-16(13-18)11-12-20/h3-10,13,15H,11,14H2,1-2H3. The quantitative estimate of drug-likeness (QED) is 0.841. The lowest BCUT2D eigenvalue weighted by atomic mass is 10.1. The van der Waals surface area contributed by atoms with Crippen molar-refractivity contribution in [2.24, 2.45) is 0 Å². The maximum absolute atomic E-state index is 12.8. The molecule has 0 saturated heterocycles. The van der Waals surface area contributed by atoms with E-state index in [4.69, 9.17) is 5.26 Å². The van der Waals surface area contributed by atoms with E-state index in [1.165, 1.54) is 0 Å². The number of nitrogens with zero attached hydrogens (tertiary/aromatic N) is 2. The molecule has 3 heteroatoms. The summed E-state index contributed by atoms with van der Waals surface area (Å²) in [6, 6.07) is 19.5. The van der Waals surface area contributed by atoms with Crippen LogP contribution < -0.4 is 0 Å². The van der Waals surface area contributed by atoms with Crippen LogP contribution in [-0.2, 0) is 13.0 Å². The first-order valence-corrected chi connectivity index (χ1v) is 7.42. The van der Waals surface area contributed by atoms with Gasteiger partial charge in [-0.2, -0.15) is 5.26 Å². The van der Waals surface area contributed by atoms with E-state index in [1.807, 2.05) is 73.3 Å². The van der Waals surface area contributed by atoms with E-state index >= 15 is 0 Å². The van der Waals surface area contributed by atoms with Crippen LogP contribution in [0.4, 0.5) is 0 Å². The second-order valence-corrected chi connectivity index (χ2v) is 5.55. The minimum Gasteiger partial charge on any atom is -0.332 e. The Hall–Kier alpha value is -2.60. The van der Waals surface area contributed by atoms with E-state index in [0.29, 0.717) is 18.5 Å². The van der Waals surface area contributed by atoms with Crippen molar-refractivity contribution < 1.29 is 4.79 Å². The molecule has 1 amide bonds. The Labute approximate surface area is 131 Å². The molecule has 22 heavy (non-hydrogen) atoms. The summed E-state index contributed by atoms with van der Waals surface area (Å²) in [5.41, 5.74) is 2.62. The van der Waals surface area contributed by atoms with Gasteiger partial charge in [-0.25, -0.2) is 0 Å². The summed E-state index contributed by atoms with van der Waals surface area (Å²) in [6.07, 6.45) is 0.321. The Balaban J connectivity index is 2.23. The Morgan fingerprint density at radius 3 is 2.41 bits per heavy atom. The molecule has 0 atom stereocenters. The minimum absolute atomic E-state index is 0.00126. The molecule has 0 N–H and O–H groups in total. The molecule has 0 saturated carbocycles. The second kappa shape index (κ2) is 7.42. The van der Waals surface area contributed by atoms with Crippen molar-refractivity contribution in [3.8, 4) is 6.07 Å². The average Bonchev–Trinajstić information content (AvgIpc) is 2.53. The highest BCUT2D eigenvalue weighted by Gasteiger charge is 2.19. The maximum Gasteiger partial charge on any atom is 0.254 e. The van der Waals surface area contributed by atoms with Gasteiger partial charge in [-0.15, -0.1) is 0 Å². The fraction of sp³-hybridized carbons (Fsp3) is 0.263. The van der Waals surface area contributed by atoms with Crippen LogP contribution in [0.25, 0.3) is 0 Å². The fourth-order valence-electron chi connectivity index (χ4n) is 2.34. The van der Waals surface area contributed by atoms with Crippen LogP contribution in [0.3, 0.4) is 0 Å². The number of rotatable bonds is 5. The molecular formula is C19H20N2O. The van der Waals surface area contributed by atoms with E-state index in [1.54, 1.807) is 0 Å². The van der Waals surface area contributed by atoms with E-state index in [-0.39, 0.29) is 11.9 Å². The number of amides is 1. The molecular weight excluding hydrogens is 272 g/mol. The van der Waals surface area contributed by atoms with E-state index in [0.717, 1.165) is 11.1 Å². The normalized spacial score (nSPS) is 10.3. The number of hydrogen-bond acceptors (Lipinski definition) is 2. The van der Waals surface area contributed by atoms with Gasteiger partial charge < -0.3 is 4.90 Å². The van der Waals surface area contributed by atoms with Crippen molar-refractivity contribution in [2.45, 2.75) is 32.9 Å². The molecule has 0 spiro atoms. The third-order valence-electron chi connectivity index (χ3n) is 3.54. The molecule has 0 aliphatic carbocycles. The molecule has 2 aromatic rings. The number of nitriles is 1. The highest BCUT2D eigenvalue weighted by molar-refractivity contribution is 5.94. The third-order valence-corrected chi connectivity index (χ3v) is 3.54. The average molecular weight is 292 g/mol. The summed E-state index contributed by atoms with van der Waals surface area (Å²) in [5.74, 6) is -0.00126. The molecule has 0 heterocycles. The van der Waals surface area contributed by atoms with Gasteiger partial charge in [0.15, 0.2) is 0 Å². The Morgan fingerprint density at radius 2 is 1.77 bits per heavy atom. The molecule has 3 nitrogen and oxygen atoms in total. The molecule has 0 radical (unpaired) electrons. The van der Waals surface area contributed by atoms with Gasteiger partial charge >= 0.3 is 0 Å². The van der Waals surface area contributed by atoms with Gasteiger partial charge in [0.2, 0.25) is 0 Å². The van der Waals surface area contributed by atoms with Crippen molar-refractivity contribution >= 4 is 5.91 Å². The summed E-state index contributed by atoms with van der Waals surface area (Å²) in [6.45, 7) is 4.61. The van der Waals surface area contributed by atoms with Gasteiger partial charge in [0.25, 0.3) is 5.91 Å². The first-order valence-electron chi connectivity index (χ1n) is 7.42. The lowest BCUT2D eigenvalue weighted by Gasteiger charge is -2.27. The zero-order valence-electron chi connectivity index (χ0n) is 13.0. The van der Waals surface area contributed by atoms with Gasteiger partial charge in [-0.3, -0.25) is 4.79 Å². The van der Waals surface area contributed by atoms with Crippen LogP contribution >= 0.6 is 0 Å². The molecule has 0 aliphatic rings. The number of carbonyl (C=O) groups is 1. The summed E-state index contributed by atoms with van der Waals surface area (Å²) < 4.78 is 0. The Morgan fingerprint density at radius 1 is 1.09 bits per heavy atom. The highest BCUT2D eigenvalue weighted by Crippen LogP contribution is 2.15. The first-order chi connectivity index (χ1) is 10.6. The molecule has 0 bridgehead atoms.